The molecule has 0 bridgehead atoms. The van der Waals surface area contributed by atoms with Gasteiger partial charge in [0.25, 0.3) is 5.91 Å². The van der Waals surface area contributed by atoms with Gasteiger partial charge in [-0.2, -0.15) is 5.10 Å². The Bertz CT molecular complexity index is 1600. The predicted octanol–water partition coefficient (Wildman–Crippen LogP) is 3.60. The van der Waals surface area contributed by atoms with Crippen molar-refractivity contribution < 1.29 is 4.79 Å². The van der Waals surface area contributed by atoms with E-state index in [1.807, 2.05) is 24.1 Å². The van der Waals surface area contributed by atoms with Crippen LogP contribution in [0.3, 0.4) is 0 Å². The van der Waals surface area contributed by atoms with Crippen molar-refractivity contribution in [2.75, 3.05) is 31.1 Å². The summed E-state index contributed by atoms with van der Waals surface area (Å²) in [7, 11) is 1.81. The number of amides is 1. The second kappa shape index (κ2) is 9.44. The predicted molar refractivity (Wildman–Crippen MR) is 142 cm³/mol. The van der Waals surface area contributed by atoms with Gasteiger partial charge >= 0.3 is 0 Å². The van der Waals surface area contributed by atoms with Gasteiger partial charge in [0.05, 0.1) is 28.2 Å². The van der Waals surface area contributed by atoms with Crippen LogP contribution in [-0.4, -0.2) is 71.7 Å². The molecule has 188 valence electrons. The molecule has 1 aliphatic rings. The van der Waals surface area contributed by atoms with Crippen LogP contribution in [0.25, 0.3) is 22.1 Å². The van der Waals surface area contributed by atoms with Gasteiger partial charge in [0.1, 0.15) is 17.5 Å². The fraction of sp³-hybridized carbons (Fsp3) is 0.308. The number of piperazine rings is 1. The summed E-state index contributed by atoms with van der Waals surface area (Å²) in [6, 6.07) is 7.72. The lowest BCUT2D eigenvalue weighted by atomic mass is 9.92. The molecule has 5 heterocycles. The van der Waals surface area contributed by atoms with Crippen molar-refractivity contribution in [2.24, 2.45) is 7.05 Å². The molecule has 1 aliphatic heterocycles. The third-order valence-corrected chi connectivity index (χ3v) is 7.31. The van der Waals surface area contributed by atoms with Crippen molar-refractivity contribution >= 4 is 45.3 Å². The number of aromatic nitrogens is 7. The van der Waals surface area contributed by atoms with Gasteiger partial charge in [0.2, 0.25) is 0 Å². The van der Waals surface area contributed by atoms with Gasteiger partial charge < -0.3 is 14.8 Å². The molecule has 0 aliphatic carbocycles. The van der Waals surface area contributed by atoms with Crippen LogP contribution in [0.4, 0.5) is 5.69 Å². The number of carbonyl (C=O) groups excluding carboxylic acids is 1. The number of aryl methyl sites for hydroxylation is 1. The molecule has 1 aromatic carbocycles. The summed E-state index contributed by atoms with van der Waals surface area (Å²) in [4.78, 5) is 38.1. The summed E-state index contributed by atoms with van der Waals surface area (Å²) in [6.45, 7) is 4.74. The van der Waals surface area contributed by atoms with Crippen LogP contribution in [0.1, 0.15) is 34.6 Å². The van der Waals surface area contributed by atoms with Crippen LogP contribution < -0.4 is 4.90 Å². The normalized spacial score (nSPS) is 15.0. The van der Waals surface area contributed by atoms with Crippen LogP contribution in [-0.2, 0) is 13.5 Å². The molecular weight excluding hydrogens is 490 g/mol. The molecule has 6 rings (SSSR count). The fourth-order valence-electron chi connectivity index (χ4n) is 5.11. The minimum atomic E-state index is -0.0414. The van der Waals surface area contributed by atoms with Crippen molar-refractivity contribution in [1.29, 1.82) is 0 Å². The van der Waals surface area contributed by atoms with Crippen LogP contribution in [0.15, 0.2) is 49.3 Å². The second-order valence-corrected chi connectivity index (χ2v) is 9.78. The summed E-state index contributed by atoms with van der Waals surface area (Å²) in [5.74, 6) is 0.0498. The molecule has 1 unspecified atom stereocenters. The molecule has 1 atom stereocenters. The zero-order valence-corrected chi connectivity index (χ0v) is 21.4. The van der Waals surface area contributed by atoms with Gasteiger partial charge in [0.15, 0.2) is 5.65 Å². The highest BCUT2D eigenvalue weighted by atomic mass is 35.5. The number of halogens is 1. The Balaban J connectivity index is 1.33. The van der Waals surface area contributed by atoms with Crippen LogP contribution >= 0.6 is 11.6 Å². The number of anilines is 1. The van der Waals surface area contributed by atoms with Crippen molar-refractivity contribution in [3.05, 3.63) is 71.3 Å². The van der Waals surface area contributed by atoms with Crippen molar-refractivity contribution in [2.45, 2.75) is 19.3 Å². The number of nitrogens with zero attached hydrogens (tertiary/aromatic N) is 8. The van der Waals surface area contributed by atoms with E-state index in [-0.39, 0.29) is 11.8 Å². The zero-order chi connectivity index (χ0) is 25.5. The van der Waals surface area contributed by atoms with E-state index < -0.39 is 0 Å². The highest BCUT2D eigenvalue weighted by molar-refractivity contribution is 6.36. The average molecular weight is 516 g/mol. The number of hydrogen-bond acceptors (Lipinski definition) is 7. The van der Waals surface area contributed by atoms with E-state index in [1.54, 1.807) is 35.8 Å². The first kappa shape index (κ1) is 23.4. The molecule has 4 aromatic heterocycles. The summed E-state index contributed by atoms with van der Waals surface area (Å²) < 4.78 is 1.65. The quantitative estimate of drug-likeness (QED) is 0.381. The number of benzene rings is 1. The lowest BCUT2D eigenvalue weighted by Gasteiger charge is -2.38. The number of rotatable bonds is 5. The summed E-state index contributed by atoms with van der Waals surface area (Å²) in [6.07, 6.45) is 7.47. The molecule has 1 fully saturated rings. The van der Waals surface area contributed by atoms with Crippen molar-refractivity contribution in [3.8, 4) is 0 Å². The molecule has 1 amide bonds. The van der Waals surface area contributed by atoms with Gasteiger partial charge in [-0.3, -0.25) is 14.5 Å². The summed E-state index contributed by atoms with van der Waals surface area (Å²) >= 11 is 6.77. The van der Waals surface area contributed by atoms with E-state index in [0.29, 0.717) is 49.0 Å². The number of nitrogens with one attached hydrogen (secondary N) is 1. The maximum Gasteiger partial charge on any atom is 0.274 e. The smallest absolute Gasteiger partial charge is 0.274 e. The first-order valence-corrected chi connectivity index (χ1v) is 12.6. The van der Waals surface area contributed by atoms with E-state index >= 15 is 0 Å². The number of aromatic amines is 1. The van der Waals surface area contributed by atoms with Crippen LogP contribution in [0.2, 0.25) is 5.02 Å². The first-order valence-electron chi connectivity index (χ1n) is 12.2. The zero-order valence-electron chi connectivity index (χ0n) is 20.6. The Morgan fingerprint density at radius 3 is 2.76 bits per heavy atom. The topological polar surface area (TPSA) is 109 Å². The molecule has 37 heavy (non-hydrogen) atoms. The van der Waals surface area contributed by atoms with Gasteiger partial charge in [0, 0.05) is 51.0 Å². The Hall–Kier alpha value is -4.05. The SMILES string of the molecule is CC(Cc1ncnc2nc[nH]c12)c1cc(Cl)c2cccnc2c1N1CCN(C(=O)c2ccn(C)n2)CC1. The van der Waals surface area contributed by atoms with Gasteiger partial charge in [-0.05, 0) is 42.2 Å². The van der Waals surface area contributed by atoms with E-state index in [4.69, 9.17) is 16.6 Å². The molecule has 0 saturated carbocycles. The van der Waals surface area contributed by atoms with E-state index in [1.165, 1.54) is 0 Å². The minimum absolute atomic E-state index is 0.0414. The van der Waals surface area contributed by atoms with E-state index in [2.05, 4.69) is 42.9 Å². The fourth-order valence-corrected chi connectivity index (χ4v) is 5.38. The van der Waals surface area contributed by atoms with Crippen LogP contribution in [0, 0.1) is 0 Å². The molecule has 1 N–H and O–H groups in total. The molecule has 10 nitrogen and oxygen atoms in total. The number of hydrogen-bond donors (Lipinski definition) is 1. The number of carbonyl (C=O) groups is 1. The lowest BCUT2D eigenvalue weighted by Crippen LogP contribution is -2.49. The summed E-state index contributed by atoms with van der Waals surface area (Å²) in [5, 5.41) is 5.87. The lowest BCUT2D eigenvalue weighted by molar-refractivity contribution is 0.0740. The average Bonchev–Trinajstić information content (AvgIpc) is 3.58. The highest BCUT2D eigenvalue weighted by Gasteiger charge is 2.28. The van der Waals surface area contributed by atoms with Gasteiger partial charge in [-0.1, -0.05) is 18.5 Å². The highest BCUT2D eigenvalue weighted by Crippen LogP contribution is 2.40. The van der Waals surface area contributed by atoms with E-state index in [0.717, 1.165) is 33.4 Å². The van der Waals surface area contributed by atoms with E-state index in [9.17, 15) is 4.79 Å². The third kappa shape index (κ3) is 4.27. The van der Waals surface area contributed by atoms with Crippen molar-refractivity contribution in [1.82, 2.24) is 39.6 Å². The van der Waals surface area contributed by atoms with Crippen LogP contribution in [0.5, 0.6) is 0 Å². The molecule has 5 aromatic rings. The molecule has 11 heteroatoms. The third-order valence-electron chi connectivity index (χ3n) is 6.99. The maximum absolute atomic E-state index is 13.0. The number of imidazole rings is 1. The monoisotopic (exact) mass is 515 g/mol. The molecular formula is C26H26ClN9O. The Morgan fingerprint density at radius 2 is 1.97 bits per heavy atom. The minimum Gasteiger partial charge on any atom is -0.366 e. The van der Waals surface area contributed by atoms with Gasteiger partial charge in [-0.15, -0.1) is 0 Å². The van der Waals surface area contributed by atoms with Crippen molar-refractivity contribution in [3.63, 3.8) is 0 Å². The first-order chi connectivity index (χ1) is 18.0. The Labute approximate surface area is 218 Å². The second-order valence-electron chi connectivity index (χ2n) is 9.38. The maximum atomic E-state index is 13.0. The van der Waals surface area contributed by atoms with Gasteiger partial charge in [-0.25, -0.2) is 15.0 Å². The molecule has 0 spiro atoms. The summed E-state index contributed by atoms with van der Waals surface area (Å²) in [5.41, 5.74) is 5.92. The largest absolute Gasteiger partial charge is 0.366 e. The number of pyridine rings is 1. The number of H-pyrrole nitrogens is 1. The Kier molecular flexibility index (Phi) is 5.96. The molecule has 0 radical (unpaired) electrons. The molecule has 1 saturated heterocycles. The number of fused-ring (bicyclic) bond motifs is 2. The Morgan fingerprint density at radius 1 is 1.14 bits per heavy atom. The standard InChI is InChI=1S/C26H26ClN9O/c1-16(12-21-23-25(31-14-29-21)32-15-30-23)18-13-19(27)17-4-3-6-28-22(17)24(18)35-8-10-36(11-9-35)26(37)20-5-7-34(2)33-20/h3-7,13-16H,8-12H2,1-2H3,(H,29,30,31,32).